The molecule has 0 atom stereocenters. The summed E-state index contributed by atoms with van der Waals surface area (Å²) in [6.07, 6.45) is 0. The summed E-state index contributed by atoms with van der Waals surface area (Å²) in [6.45, 7) is 21.6. The van der Waals surface area contributed by atoms with Crippen molar-refractivity contribution in [3.05, 3.63) is 13.8 Å². The minimum absolute atomic E-state index is 0. The molecule has 0 saturated heterocycles. The van der Waals surface area contributed by atoms with Crippen LogP contribution in [0, 0.1) is 13.8 Å². The molecule has 0 aliphatic rings. The van der Waals surface area contributed by atoms with Crippen molar-refractivity contribution in [2.45, 2.75) is 55.4 Å². The van der Waals surface area contributed by atoms with Crippen LogP contribution in [-0.2, 0) is 45.4 Å². The van der Waals surface area contributed by atoms with Crippen LogP contribution in [0.5, 0.6) is 0 Å². The first-order valence-corrected chi connectivity index (χ1v) is 8.40. The molecule has 0 heterocycles. The fourth-order valence-corrected chi connectivity index (χ4v) is 0. The van der Waals surface area contributed by atoms with E-state index in [1.165, 1.54) is 0 Å². The van der Waals surface area contributed by atoms with Crippen molar-refractivity contribution in [1.82, 2.24) is 0 Å². The van der Waals surface area contributed by atoms with Gasteiger partial charge >= 0.3 is 23.7 Å². The van der Waals surface area contributed by atoms with E-state index < -0.39 is 0 Å². The van der Waals surface area contributed by atoms with Gasteiger partial charge in [-0.25, -0.2) is 0 Å². The first kappa shape index (κ1) is 63.5. The van der Waals surface area contributed by atoms with Crippen LogP contribution >= 0.6 is 0 Å². The monoisotopic (exact) mass is 446 g/mol. The van der Waals surface area contributed by atoms with Crippen molar-refractivity contribution in [1.29, 1.82) is 0 Å². The Morgan fingerprint density at radius 2 is 0.480 bits per heavy atom. The molecule has 0 aromatic rings. The van der Waals surface area contributed by atoms with Gasteiger partial charge in [-0.2, -0.15) is 13.8 Å². The van der Waals surface area contributed by atoms with E-state index >= 15 is 0 Å². The summed E-state index contributed by atoms with van der Waals surface area (Å²) >= 11 is 0.750. The van der Waals surface area contributed by atoms with Crippen molar-refractivity contribution in [3.8, 4) is 0 Å². The fraction of sp³-hybridized carbons (Fsp3) is 0.875. The molecule has 25 heavy (non-hydrogen) atoms. The van der Waals surface area contributed by atoms with Gasteiger partial charge < -0.3 is 44.5 Å². The maximum absolute atomic E-state index is 8.25. The van der Waals surface area contributed by atoms with E-state index in [2.05, 4.69) is 13.8 Å². The van der Waals surface area contributed by atoms with E-state index in [0.717, 1.165) is 20.4 Å². The average Bonchev–Trinajstić information content (AvgIpc) is 2.57. The van der Waals surface area contributed by atoms with Gasteiger partial charge in [-0.15, -0.1) is 0 Å². The number of hydrogen-bond donors (Lipinski definition) is 6. The Hall–Kier alpha value is 0.989. The standard InChI is InChI=1S/6C2H6O.2C2H5.O.2Ti/c6*1-2-3;2*1-2;;;/h6*3H,2H2,1H3;2*1H2,2H3;;;/q;;;;;;2*-1;;;+2. The number of hydrogen-bond acceptors (Lipinski definition) is 7. The Kier molecular flexibility index (Phi) is 748. The van der Waals surface area contributed by atoms with Crippen molar-refractivity contribution in [3.63, 3.8) is 0 Å². The van der Waals surface area contributed by atoms with E-state index in [4.69, 9.17) is 34.0 Å². The zero-order chi connectivity index (χ0) is 22.2. The third-order valence-electron chi connectivity index (χ3n) is 0. The molecule has 0 rings (SSSR count). The Bertz CT molecular complexity index is 54.2. The molecule has 160 valence electrons. The first-order valence-electron chi connectivity index (χ1n) is 7.76. The molecule has 7 nitrogen and oxygen atoms in total. The minimum Gasteiger partial charge on any atom is 0 e. The van der Waals surface area contributed by atoms with E-state index in [1.54, 1.807) is 55.4 Å². The molecule has 0 amide bonds. The third kappa shape index (κ3) is 13500. The largest absolute Gasteiger partial charge is 0 e. The van der Waals surface area contributed by atoms with Crippen molar-refractivity contribution in [2.24, 2.45) is 0 Å². The van der Waals surface area contributed by atoms with Gasteiger partial charge in [0.15, 0.2) is 0 Å². The van der Waals surface area contributed by atoms with Gasteiger partial charge in [-0.3, -0.25) is 0 Å². The van der Waals surface area contributed by atoms with Crippen LogP contribution in [0.15, 0.2) is 0 Å². The van der Waals surface area contributed by atoms with E-state index in [-0.39, 0.29) is 61.4 Å². The molecule has 0 saturated carbocycles. The van der Waals surface area contributed by atoms with Crippen molar-refractivity contribution in [2.75, 3.05) is 39.6 Å². The molecule has 0 spiro atoms. The SMILES string of the molecule is CCO.CCO.CCO.CCO.CCO.CCO.[CH2-]C.[CH2-]C.[O]=[Ti+2].[Ti]. The van der Waals surface area contributed by atoms with Gasteiger partial charge in [0.25, 0.3) is 0 Å². The number of rotatable bonds is 0. The summed E-state index contributed by atoms with van der Waals surface area (Å²) < 4.78 is 8.25. The predicted molar refractivity (Wildman–Crippen MR) is 99.3 cm³/mol. The molecule has 0 fully saturated rings. The van der Waals surface area contributed by atoms with Crippen molar-refractivity contribution >= 4 is 0 Å². The summed E-state index contributed by atoms with van der Waals surface area (Å²) in [7, 11) is 0. The second-order valence-electron chi connectivity index (χ2n) is 1.90. The first-order chi connectivity index (χ1) is 11.5. The van der Waals surface area contributed by atoms with Crippen LogP contribution in [-0.4, -0.2) is 70.3 Å². The summed E-state index contributed by atoms with van der Waals surface area (Å²) in [4.78, 5) is 0. The molecule has 0 aromatic heterocycles. The van der Waals surface area contributed by atoms with Crippen LogP contribution in [0.1, 0.15) is 55.4 Å². The number of aliphatic hydroxyl groups is 6. The molecule has 9 heteroatoms. The maximum atomic E-state index is 8.25. The zero-order valence-electron chi connectivity index (χ0n) is 17.7. The molecule has 0 bridgehead atoms. The van der Waals surface area contributed by atoms with Gasteiger partial charge in [0.1, 0.15) is 0 Å². The summed E-state index contributed by atoms with van der Waals surface area (Å²) in [6, 6.07) is 0. The van der Waals surface area contributed by atoms with Crippen LogP contribution in [0.2, 0.25) is 0 Å². The molecule has 0 aliphatic carbocycles. The smallest absolute Gasteiger partial charge is 0 e. The average molecular weight is 446 g/mol. The Morgan fingerprint density at radius 1 is 0.480 bits per heavy atom. The van der Waals surface area contributed by atoms with Gasteiger partial charge in [0.05, 0.1) is 0 Å². The summed E-state index contributed by atoms with van der Waals surface area (Å²) in [5.41, 5.74) is 0. The van der Waals surface area contributed by atoms with Gasteiger partial charge in [-0.05, 0) is 41.5 Å². The van der Waals surface area contributed by atoms with E-state index in [1.807, 2.05) is 0 Å². The summed E-state index contributed by atoms with van der Waals surface area (Å²) in [5.74, 6) is 0. The fourth-order valence-electron chi connectivity index (χ4n) is 0. The predicted octanol–water partition coefficient (Wildman–Crippen LogP) is 1.55. The van der Waals surface area contributed by atoms with Crippen LogP contribution in [0.3, 0.4) is 0 Å². The second kappa shape index (κ2) is 294. The molecule has 0 aliphatic heterocycles. The maximum Gasteiger partial charge on any atom is 0 e. The normalized spacial score (nSPS) is 5.04. The molecule has 0 unspecified atom stereocenters. The van der Waals surface area contributed by atoms with Crippen molar-refractivity contribution < 1.29 is 76.1 Å². The molecular formula is C16H46O7Ti2. The van der Waals surface area contributed by atoms with Crippen LogP contribution in [0.25, 0.3) is 0 Å². The number of aliphatic hydroxyl groups excluding tert-OH is 6. The van der Waals surface area contributed by atoms with Crippen LogP contribution in [0.4, 0.5) is 0 Å². The Labute approximate surface area is 184 Å². The Morgan fingerprint density at radius 3 is 0.480 bits per heavy atom. The minimum atomic E-state index is 0. The third-order valence-corrected chi connectivity index (χ3v) is 0. The molecule has 0 radical (unpaired) electrons. The van der Waals surface area contributed by atoms with E-state index in [0.29, 0.717) is 0 Å². The molecule has 6 N–H and O–H groups in total. The van der Waals surface area contributed by atoms with E-state index in [9.17, 15) is 0 Å². The van der Waals surface area contributed by atoms with Crippen LogP contribution < -0.4 is 0 Å². The van der Waals surface area contributed by atoms with Gasteiger partial charge in [0, 0.05) is 61.4 Å². The molecule has 0 aromatic carbocycles. The zero-order valence-corrected chi connectivity index (χ0v) is 20.9. The quantitative estimate of drug-likeness (QED) is 0.245. The summed E-state index contributed by atoms with van der Waals surface area (Å²) in [5, 5.41) is 45.4. The van der Waals surface area contributed by atoms with Gasteiger partial charge in [-0.1, -0.05) is 0 Å². The van der Waals surface area contributed by atoms with Gasteiger partial charge in [0.2, 0.25) is 0 Å². The Balaban J connectivity index is -0.0000000127. The molecular weight excluding hydrogens is 400 g/mol. The topological polar surface area (TPSA) is 138 Å². The second-order valence-corrected chi connectivity index (χ2v) is 1.90.